The number of rotatable bonds is 7. The van der Waals surface area contributed by atoms with Crippen LogP contribution < -0.4 is 14.2 Å². The Morgan fingerprint density at radius 1 is 1.16 bits per heavy atom. The third-order valence-electron chi connectivity index (χ3n) is 4.79. The Bertz CT molecular complexity index is 1240. The number of nitrogens with one attached hydrogen (secondary N) is 1. The summed E-state index contributed by atoms with van der Waals surface area (Å²) >= 11 is 1.29. The molecular formula is C21H22N4O5S2. The zero-order valence-electron chi connectivity index (χ0n) is 17.7. The summed E-state index contributed by atoms with van der Waals surface area (Å²) < 4.78 is 38.6. The lowest BCUT2D eigenvalue weighted by atomic mass is 10.1. The minimum Gasteiger partial charge on any atom is -0.485 e. The van der Waals surface area contributed by atoms with Gasteiger partial charge in [0.1, 0.15) is 6.61 Å². The highest BCUT2D eigenvalue weighted by molar-refractivity contribution is 8.00. The molecular weight excluding hydrogens is 452 g/mol. The maximum atomic E-state index is 12.8. The average molecular weight is 475 g/mol. The van der Waals surface area contributed by atoms with E-state index in [2.05, 4.69) is 14.9 Å². The molecule has 4 rings (SSSR count). The number of benzene rings is 2. The fourth-order valence-electron chi connectivity index (χ4n) is 3.22. The number of anilines is 1. The van der Waals surface area contributed by atoms with Crippen LogP contribution in [0.3, 0.4) is 0 Å². The number of hydrogen-bond donors (Lipinski definition) is 1. The van der Waals surface area contributed by atoms with E-state index in [4.69, 9.17) is 9.47 Å². The standard InChI is InChI=1S/C21H22N4O5S2/c1-13(19(26)14-8-10-15(11-9-14)24-32(3,27)28)31-21-23-22-20(25(21)2)18-12-29-16-6-4-5-7-17(16)30-18/h4-11,13,18,24H,12H2,1-3H3. The zero-order valence-corrected chi connectivity index (χ0v) is 19.3. The van der Waals surface area contributed by atoms with Gasteiger partial charge in [0.2, 0.25) is 10.0 Å². The first kappa shape index (κ1) is 22.2. The molecule has 0 saturated heterocycles. The molecule has 2 heterocycles. The van der Waals surface area contributed by atoms with Crippen LogP contribution >= 0.6 is 11.8 Å². The quantitative estimate of drug-likeness (QED) is 0.411. The van der Waals surface area contributed by atoms with Crippen LogP contribution in [0.2, 0.25) is 0 Å². The van der Waals surface area contributed by atoms with Crippen molar-refractivity contribution in [3.8, 4) is 11.5 Å². The highest BCUT2D eigenvalue weighted by atomic mass is 32.2. The first-order valence-corrected chi connectivity index (χ1v) is 12.5. The number of ether oxygens (including phenoxy) is 2. The van der Waals surface area contributed by atoms with Gasteiger partial charge in [0.15, 0.2) is 34.4 Å². The zero-order chi connectivity index (χ0) is 22.9. The molecule has 1 N–H and O–H groups in total. The van der Waals surface area contributed by atoms with Crippen LogP contribution in [-0.2, 0) is 17.1 Å². The molecule has 2 atom stereocenters. The molecule has 3 aromatic rings. The number of hydrogen-bond acceptors (Lipinski definition) is 8. The molecule has 0 radical (unpaired) electrons. The summed E-state index contributed by atoms with van der Waals surface area (Å²) in [5.74, 6) is 1.85. The summed E-state index contributed by atoms with van der Waals surface area (Å²) in [6.45, 7) is 2.11. The monoisotopic (exact) mass is 474 g/mol. The van der Waals surface area contributed by atoms with Crippen molar-refractivity contribution in [3.05, 3.63) is 59.9 Å². The van der Waals surface area contributed by atoms with Gasteiger partial charge in [-0.1, -0.05) is 23.9 Å². The summed E-state index contributed by atoms with van der Waals surface area (Å²) in [7, 11) is -1.55. The fourth-order valence-corrected chi connectivity index (χ4v) is 4.68. The lowest BCUT2D eigenvalue weighted by molar-refractivity contribution is 0.0825. The topological polar surface area (TPSA) is 112 Å². The van der Waals surface area contributed by atoms with Crippen molar-refractivity contribution in [2.45, 2.75) is 23.4 Å². The van der Waals surface area contributed by atoms with E-state index in [1.165, 1.54) is 11.8 Å². The maximum absolute atomic E-state index is 12.8. The maximum Gasteiger partial charge on any atom is 0.229 e. The van der Waals surface area contributed by atoms with Gasteiger partial charge in [-0.15, -0.1) is 10.2 Å². The second kappa shape index (κ2) is 8.83. The van der Waals surface area contributed by atoms with Gasteiger partial charge in [0, 0.05) is 18.3 Å². The average Bonchev–Trinajstić information content (AvgIpc) is 3.12. The van der Waals surface area contributed by atoms with Gasteiger partial charge in [0.05, 0.1) is 11.5 Å². The van der Waals surface area contributed by atoms with Crippen molar-refractivity contribution in [2.24, 2.45) is 7.05 Å². The van der Waals surface area contributed by atoms with Crippen LogP contribution in [-0.4, -0.2) is 47.1 Å². The Labute approximate surface area is 190 Å². The van der Waals surface area contributed by atoms with E-state index in [-0.39, 0.29) is 5.78 Å². The first-order chi connectivity index (χ1) is 15.2. The normalized spacial score (nSPS) is 16.4. The molecule has 32 heavy (non-hydrogen) atoms. The van der Waals surface area contributed by atoms with Gasteiger partial charge in [-0.25, -0.2) is 8.42 Å². The summed E-state index contributed by atoms with van der Waals surface area (Å²) in [6, 6.07) is 13.8. The molecule has 1 aliphatic heterocycles. The van der Waals surface area contributed by atoms with Gasteiger partial charge in [-0.2, -0.15) is 0 Å². The first-order valence-electron chi connectivity index (χ1n) is 9.78. The van der Waals surface area contributed by atoms with Gasteiger partial charge >= 0.3 is 0 Å². The summed E-state index contributed by atoms with van der Waals surface area (Å²) in [5.41, 5.74) is 0.880. The molecule has 1 aromatic heterocycles. The minimum atomic E-state index is -3.37. The lowest BCUT2D eigenvalue weighted by Crippen LogP contribution is -2.24. The molecule has 168 valence electrons. The number of ketones is 1. The molecule has 0 aliphatic carbocycles. The van der Waals surface area contributed by atoms with E-state index < -0.39 is 21.4 Å². The van der Waals surface area contributed by atoms with E-state index in [1.54, 1.807) is 35.8 Å². The summed E-state index contributed by atoms with van der Waals surface area (Å²) in [4.78, 5) is 12.8. The largest absolute Gasteiger partial charge is 0.485 e. The van der Waals surface area contributed by atoms with Crippen LogP contribution in [0.15, 0.2) is 53.7 Å². The van der Waals surface area contributed by atoms with Crippen LogP contribution in [0.25, 0.3) is 0 Å². The number of carbonyl (C=O) groups excluding carboxylic acids is 1. The summed E-state index contributed by atoms with van der Waals surface area (Å²) in [6.07, 6.45) is 0.668. The number of sulfonamides is 1. The van der Waals surface area contributed by atoms with Gasteiger partial charge in [-0.05, 0) is 43.3 Å². The lowest BCUT2D eigenvalue weighted by Gasteiger charge is -2.25. The molecule has 0 amide bonds. The van der Waals surface area contributed by atoms with E-state index in [0.29, 0.717) is 40.3 Å². The third-order valence-corrected chi connectivity index (χ3v) is 6.53. The van der Waals surface area contributed by atoms with Gasteiger partial charge in [0.25, 0.3) is 0 Å². The van der Waals surface area contributed by atoms with Gasteiger partial charge < -0.3 is 14.0 Å². The predicted molar refractivity (Wildman–Crippen MR) is 121 cm³/mol. The number of fused-ring (bicyclic) bond motifs is 1. The molecule has 2 unspecified atom stereocenters. The molecule has 0 saturated carbocycles. The highest BCUT2D eigenvalue weighted by Gasteiger charge is 2.28. The third kappa shape index (κ3) is 4.89. The van der Waals surface area contributed by atoms with Crippen molar-refractivity contribution in [2.75, 3.05) is 17.6 Å². The van der Waals surface area contributed by atoms with Crippen LogP contribution in [0.5, 0.6) is 11.5 Å². The number of para-hydroxylation sites is 2. The minimum absolute atomic E-state index is 0.100. The molecule has 1 aliphatic rings. The Kier molecular flexibility index (Phi) is 6.11. The molecule has 0 fully saturated rings. The van der Waals surface area contributed by atoms with Crippen molar-refractivity contribution in [1.82, 2.24) is 14.8 Å². The predicted octanol–water partition coefficient (Wildman–Crippen LogP) is 3.06. The van der Waals surface area contributed by atoms with E-state index >= 15 is 0 Å². The Morgan fingerprint density at radius 2 is 1.84 bits per heavy atom. The smallest absolute Gasteiger partial charge is 0.229 e. The Balaban J connectivity index is 1.43. The molecule has 11 heteroatoms. The SMILES string of the molecule is CC(Sc1nnc(C2COc3ccccc3O2)n1C)C(=O)c1ccc(NS(C)(=O)=O)cc1. The van der Waals surface area contributed by atoms with Crippen molar-refractivity contribution < 1.29 is 22.7 Å². The Hall–Kier alpha value is -3.05. The van der Waals surface area contributed by atoms with Gasteiger partial charge in [-0.3, -0.25) is 9.52 Å². The number of nitrogens with zero attached hydrogens (tertiary/aromatic N) is 3. The molecule has 0 bridgehead atoms. The number of thioether (sulfide) groups is 1. The molecule has 0 spiro atoms. The van der Waals surface area contributed by atoms with Crippen molar-refractivity contribution in [1.29, 1.82) is 0 Å². The van der Waals surface area contributed by atoms with Crippen molar-refractivity contribution in [3.63, 3.8) is 0 Å². The number of carbonyl (C=O) groups is 1. The van der Waals surface area contributed by atoms with E-state index in [9.17, 15) is 13.2 Å². The molecule has 9 nitrogen and oxygen atoms in total. The van der Waals surface area contributed by atoms with Crippen LogP contribution in [0.4, 0.5) is 5.69 Å². The van der Waals surface area contributed by atoms with Crippen molar-refractivity contribution >= 4 is 33.3 Å². The van der Waals surface area contributed by atoms with E-state index in [1.807, 2.05) is 31.3 Å². The molecule has 2 aromatic carbocycles. The number of aromatic nitrogens is 3. The highest BCUT2D eigenvalue weighted by Crippen LogP contribution is 2.36. The Morgan fingerprint density at radius 3 is 2.53 bits per heavy atom. The van der Waals surface area contributed by atoms with Crippen LogP contribution in [0.1, 0.15) is 29.2 Å². The number of Topliss-reactive ketones (excluding diaryl/α,β-unsaturated/α-hetero) is 1. The second-order valence-corrected chi connectivity index (χ2v) is 10.4. The summed E-state index contributed by atoms with van der Waals surface area (Å²) in [5, 5.41) is 8.64. The van der Waals surface area contributed by atoms with Crippen LogP contribution in [0, 0.1) is 0 Å². The fraction of sp³-hybridized carbons (Fsp3) is 0.286. The second-order valence-electron chi connectivity index (χ2n) is 7.34. The van der Waals surface area contributed by atoms with E-state index in [0.717, 1.165) is 6.26 Å².